The van der Waals surface area contributed by atoms with Crippen molar-refractivity contribution < 1.29 is 9.59 Å². The van der Waals surface area contributed by atoms with Crippen molar-refractivity contribution in [1.29, 1.82) is 0 Å². The van der Waals surface area contributed by atoms with Crippen LogP contribution in [-0.4, -0.2) is 53.8 Å². The first-order valence-corrected chi connectivity index (χ1v) is 7.87. The summed E-state index contributed by atoms with van der Waals surface area (Å²) in [7, 11) is 0. The third kappa shape index (κ3) is 4.83. The lowest BCUT2D eigenvalue weighted by Gasteiger charge is -2.36. The fourth-order valence-electron chi connectivity index (χ4n) is 2.45. The van der Waals surface area contributed by atoms with Crippen molar-refractivity contribution in [3.8, 4) is 0 Å². The van der Waals surface area contributed by atoms with Gasteiger partial charge in [0.1, 0.15) is 0 Å². The molecule has 1 aromatic carbocycles. The number of hydrogen-bond donors (Lipinski definition) is 1. The first-order chi connectivity index (χ1) is 10.4. The van der Waals surface area contributed by atoms with Crippen molar-refractivity contribution in [2.24, 2.45) is 11.7 Å². The molecular formula is C16H23Cl2N3O2. The molecule has 2 N–H and O–H groups in total. The Bertz CT molecular complexity index is 558. The third-order valence-corrected chi connectivity index (χ3v) is 4.36. The Morgan fingerprint density at radius 3 is 2.22 bits per heavy atom. The minimum absolute atomic E-state index is 0. The molecule has 0 spiro atoms. The molecule has 1 heterocycles. The van der Waals surface area contributed by atoms with Gasteiger partial charge in [0.2, 0.25) is 5.91 Å². The molecule has 2 rings (SSSR count). The van der Waals surface area contributed by atoms with Gasteiger partial charge in [0, 0.05) is 42.8 Å². The molecule has 1 saturated heterocycles. The maximum atomic E-state index is 12.4. The van der Waals surface area contributed by atoms with E-state index < -0.39 is 0 Å². The number of rotatable bonds is 3. The van der Waals surface area contributed by atoms with Gasteiger partial charge in [0.05, 0.1) is 5.92 Å². The average Bonchev–Trinajstić information content (AvgIpc) is 2.52. The molecule has 7 heteroatoms. The molecule has 1 aliphatic rings. The van der Waals surface area contributed by atoms with Crippen molar-refractivity contribution in [2.75, 3.05) is 26.2 Å². The fourth-order valence-corrected chi connectivity index (χ4v) is 2.64. The quantitative estimate of drug-likeness (QED) is 0.897. The van der Waals surface area contributed by atoms with Crippen LogP contribution in [0.5, 0.6) is 0 Å². The van der Waals surface area contributed by atoms with E-state index in [1.54, 1.807) is 34.1 Å². The van der Waals surface area contributed by atoms with Gasteiger partial charge < -0.3 is 15.5 Å². The highest BCUT2D eigenvalue weighted by Gasteiger charge is 2.28. The van der Waals surface area contributed by atoms with Gasteiger partial charge in [-0.15, -0.1) is 12.4 Å². The van der Waals surface area contributed by atoms with Crippen molar-refractivity contribution >= 4 is 35.8 Å². The number of piperazine rings is 1. The van der Waals surface area contributed by atoms with Crippen LogP contribution in [-0.2, 0) is 4.79 Å². The minimum Gasteiger partial charge on any atom is -0.339 e. The zero-order valence-electron chi connectivity index (χ0n) is 13.4. The van der Waals surface area contributed by atoms with E-state index in [4.69, 9.17) is 17.3 Å². The van der Waals surface area contributed by atoms with Crippen molar-refractivity contribution in [1.82, 2.24) is 9.80 Å². The summed E-state index contributed by atoms with van der Waals surface area (Å²) in [6, 6.07) is 6.76. The van der Waals surface area contributed by atoms with Gasteiger partial charge >= 0.3 is 0 Å². The lowest BCUT2D eigenvalue weighted by atomic mass is 10.0. The number of hydrogen-bond acceptors (Lipinski definition) is 3. The smallest absolute Gasteiger partial charge is 0.254 e. The summed E-state index contributed by atoms with van der Waals surface area (Å²) in [6.45, 7) is 5.83. The van der Waals surface area contributed by atoms with Crippen LogP contribution in [0.4, 0.5) is 0 Å². The van der Waals surface area contributed by atoms with E-state index in [1.807, 2.05) is 13.8 Å². The zero-order valence-corrected chi connectivity index (χ0v) is 14.9. The molecule has 2 atom stereocenters. The third-order valence-electron chi connectivity index (χ3n) is 4.13. The summed E-state index contributed by atoms with van der Waals surface area (Å²) < 4.78 is 0. The summed E-state index contributed by atoms with van der Waals surface area (Å²) in [6.07, 6.45) is 0. The SMILES string of the molecule is CC(N)C(C)C(=O)N1CCN(C(=O)c2cccc(Cl)c2)CC1.Cl. The number of benzene rings is 1. The van der Waals surface area contributed by atoms with Crippen LogP contribution < -0.4 is 5.73 Å². The van der Waals surface area contributed by atoms with Gasteiger partial charge in [0.25, 0.3) is 5.91 Å². The Morgan fingerprint density at radius 1 is 1.13 bits per heavy atom. The van der Waals surface area contributed by atoms with Gasteiger partial charge in [-0.05, 0) is 25.1 Å². The minimum atomic E-state index is -0.199. The number of amides is 2. The van der Waals surface area contributed by atoms with Crippen LogP contribution in [0, 0.1) is 5.92 Å². The Kier molecular flexibility index (Phi) is 7.32. The molecule has 2 amide bonds. The molecule has 2 unspecified atom stereocenters. The lowest BCUT2D eigenvalue weighted by Crippen LogP contribution is -2.53. The van der Waals surface area contributed by atoms with E-state index in [0.717, 1.165) is 0 Å². The van der Waals surface area contributed by atoms with E-state index in [0.29, 0.717) is 36.8 Å². The number of nitrogens with zero attached hydrogens (tertiary/aromatic N) is 2. The molecular weight excluding hydrogens is 337 g/mol. The van der Waals surface area contributed by atoms with Crippen LogP contribution in [0.3, 0.4) is 0 Å². The predicted molar refractivity (Wildman–Crippen MR) is 94.0 cm³/mol. The molecule has 128 valence electrons. The summed E-state index contributed by atoms with van der Waals surface area (Å²) in [5.74, 6) is -0.185. The molecule has 0 bridgehead atoms. The highest BCUT2D eigenvalue weighted by Crippen LogP contribution is 2.15. The van der Waals surface area contributed by atoms with E-state index in [9.17, 15) is 9.59 Å². The van der Waals surface area contributed by atoms with Gasteiger partial charge in [-0.1, -0.05) is 24.6 Å². The standard InChI is InChI=1S/C16H22ClN3O2.ClH/c1-11(12(2)18)15(21)19-6-8-20(9-7-19)16(22)13-4-3-5-14(17)10-13;/h3-5,10-12H,6-9,18H2,1-2H3;1H. The van der Waals surface area contributed by atoms with E-state index in [-0.39, 0.29) is 36.2 Å². The zero-order chi connectivity index (χ0) is 16.3. The van der Waals surface area contributed by atoms with Crippen molar-refractivity contribution in [3.63, 3.8) is 0 Å². The second kappa shape index (κ2) is 8.52. The maximum Gasteiger partial charge on any atom is 0.254 e. The fraction of sp³-hybridized carbons (Fsp3) is 0.500. The van der Waals surface area contributed by atoms with Gasteiger partial charge in [0.15, 0.2) is 0 Å². The highest BCUT2D eigenvalue weighted by atomic mass is 35.5. The summed E-state index contributed by atoms with van der Waals surface area (Å²) in [5, 5.41) is 0.547. The summed E-state index contributed by atoms with van der Waals surface area (Å²) in [5.41, 5.74) is 6.36. The Hall–Kier alpha value is -1.30. The van der Waals surface area contributed by atoms with Gasteiger partial charge in [-0.25, -0.2) is 0 Å². The molecule has 0 aromatic heterocycles. The van der Waals surface area contributed by atoms with Crippen LogP contribution in [0.1, 0.15) is 24.2 Å². The Balaban J connectivity index is 0.00000264. The molecule has 1 aromatic rings. The highest BCUT2D eigenvalue weighted by molar-refractivity contribution is 6.30. The van der Waals surface area contributed by atoms with Gasteiger partial charge in [-0.3, -0.25) is 9.59 Å². The number of halogens is 2. The normalized spacial score (nSPS) is 17.2. The molecule has 1 aliphatic heterocycles. The van der Waals surface area contributed by atoms with Crippen molar-refractivity contribution in [3.05, 3.63) is 34.9 Å². The molecule has 1 fully saturated rings. The summed E-state index contributed by atoms with van der Waals surface area (Å²) >= 11 is 5.92. The Labute approximate surface area is 148 Å². The largest absolute Gasteiger partial charge is 0.339 e. The lowest BCUT2D eigenvalue weighted by molar-refractivity contribution is -0.137. The van der Waals surface area contributed by atoms with E-state index >= 15 is 0 Å². The predicted octanol–water partition coefficient (Wildman–Crippen LogP) is 2.03. The van der Waals surface area contributed by atoms with Crippen molar-refractivity contribution in [2.45, 2.75) is 19.9 Å². The first kappa shape index (κ1) is 19.7. The molecule has 0 radical (unpaired) electrons. The van der Waals surface area contributed by atoms with Crippen LogP contribution in [0.25, 0.3) is 0 Å². The van der Waals surface area contributed by atoms with E-state index in [2.05, 4.69) is 0 Å². The van der Waals surface area contributed by atoms with Gasteiger partial charge in [-0.2, -0.15) is 0 Å². The average molecular weight is 360 g/mol. The molecule has 0 saturated carbocycles. The topological polar surface area (TPSA) is 66.6 Å². The number of nitrogens with two attached hydrogens (primary N) is 1. The van der Waals surface area contributed by atoms with Crippen LogP contribution in [0.2, 0.25) is 5.02 Å². The second-order valence-corrected chi connectivity index (χ2v) is 6.21. The number of carbonyl (C=O) groups excluding carboxylic acids is 2. The number of carbonyl (C=O) groups is 2. The molecule has 23 heavy (non-hydrogen) atoms. The maximum absolute atomic E-state index is 12.4. The van der Waals surface area contributed by atoms with Crippen LogP contribution in [0.15, 0.2) is 24.3 Å². The molecule has 0 aliphatic carbocycles. The first-order valence-electron chi connectivity index (χ1n) is 7.49. The van der Waals surface area contributed by atoms with Crippen LogP contribution >= 0.6 is 24.0 Å². The monoisotopic (exact) mass is 359 g/mol. The molecule has 5 nitrogen and oxygen atoms in total. The summed E-state index contributed by atoms with van der Waals surface area (Å²) in [4.78, 5) is 28.2. The second-order valence-electron chi connectivity index (χ2n) is 5.78. The van der Waals surface area contributed by atoms with E-state index in [1.165, 1.54) is 0 Å². The Morgan fingerprint density at radius 2 is 1.70 bits per heavy atom.